The number of carbonyl (C=O) groups excluding carboxylic acids is 1. The van der Waals surface area contributed by atoms with E-state index >= 15 is 0 Å². The first-order valence-corrected chi connectivity index (χ1v) is 9.58. The number of imidazole rings is 1. The van der Waals surface area contributed by atoms with Crippen LogP contribution in [0.15, 0.2) is 48.9 Å². The number of nitrogens with two attached hydrogens (primary N) is 1. The average Bonchev–Trinajstić information content (AvgIpc) is 3.13. The van der Waals surface area contributed by atoms with E-state index in [4.69, 9.17) is 10.7 Å². The van der Waals surface area contributed by atoms with Crippen LogP contribution in [0.1, 0.15) is 6.92 Å². The molecule has 0 radical (unpaired) electrons. The van der Waals surface area contributed by atoms with Gasteiger partial charge in [0, 0.05) is 24.0 Å². The maximum atomic E-state index is 11.9. The number of pyridine rings is 1. The van der Waals surface area contributed by atoms with Gasteiger partial charge < -0.3 is 20.9 Å². The third-order valence-corrected chi connectivity index (χ3v) is 4.66. The van der Waals surface area contributed by atoms with Gasteiger partial charge in [0.15, 0.2) is 11.6 Å². The zero-order valence-electron chi connectivity index (χ0n) is 16.8. The summed E-state index contributed by atoms with van der Waals surface area (Å²) in [4.78, 5) is 29.8. The van der Waals surface area contributed by atoms with Crippen LogP contribution < -0.4 is 16.4 Å². The molecule has 0 aliphatic heterocycles. The Balaban J connectivity index is 1.76. The lowest BCUT2D eigenvalue weighted by Gasteiger charge is -2.10. The van der Waals surface area contributed by atoms with Crippen LogP contribution in [0.4, 0.5) is 11.5 Å². The molecule has 0 aliphatic carbocycles. The summed E-state index contributed by atoms with van der Waals surface area (Å²) < 4.78 is 2.04. The standard InChI is InChI=1S/C21H22N8O/c1-3-29-17-7-8-24-10-16(17)28-21(29)19-20(22)25-11-15(27-19)13-5-4-6-14(9-13)26-18(30)12-23-2/h4-11,23H,3,12H2,1-2H3,(H2,22,25)(H,26,30). The lowest BCUT2D eigenvalue weighted by molar-refractivity contribution is -0.115. The highest BCUT2D eigenvalue weighted by atomic mass is 16.1. The van der Waals surface area contributed by atoms with Gasteiger partial charge in [0.1, 0.15) is 11.2 Å². The molecule has 4 N–H and O–H groups in total. The molecule has 0 unspecified atom stereocenters. The van der Waals surface area contributed by atoms with Crippen molar-refractivity contribution in [1.82, 2.24) is 29.8 Å². The Morgan fingerprint density at radius 3 is 2.87 bits per heavy atom. The average molecular weight is 402 g/mol. The Kier molecular flexibility index (Phi) is 5.36. The first-order valence-electron chi connectivity index (χ1n) is 9.58. The van der Waals surface area contributed by atoms with Crippen molar-refractivity contribution in [2.24, 2.45) is 0 Å². The van der Waals surface area contributed by atoms with Crippen molar-refractivity contribution in [2.45, 2.75) is 13.5 Å². The van der Waals surface area contributed by atoms with Crippen LogP contribution >= 0.6 is 0 Å². The number of aromatic nitrogens is 5. The van der Waals surface area contributed by atoms with Crippen molar-refractivity contribution in [3.05, 3.63) is 48.9 Å². The molecule has 0 saturated heterocycles. The molecule has 0 spiro atoms. The van der Waals surface area contributed by atoms with Crippen LogP contribution in [0.3, 0.4) is 0 Å². The van der Waals surface area contributed by atoms with Gasteiger partial charge in [-0.2, -0.15) is 0 Å². The molecule has 9 heteroatoms. The number of nitrogens with zero attached hydrogens (tertiary/aromatic N) is 5. The first-order chi connectivity index (χ1) is 14.6. The summed E-state index contributed by atoms with van der Waals surface area (Å²) in [5, 5.41) is 5.67. The number of likely N-dealkylation sites (N-methyl/N-ethyl adjacent to an activating group) is 1. The molecule has 4 aromatic rings. The number of hydrogen-bond acceptors (Lipinski definition) is 7. The highest BCUT2D eigenvalue weighted by Crippen LogP contribution is 2.29. The molecule has 30 heavy (non-hydrogen) atoms. The van der Waals surface area contributed by atoms with Gasteiger partial charge in [-0.15, -0.1) is 0 Å². The Labute approximate surface area is 173 Å². The van der Waals surface area contributed by atoms with Crippen LogP contribution in [0.2, 0.25) is 0 Å². The topological polar surface area (TPSA) is 124 Å². The number of anilines is 2. The van der Waals surface area contributed by atoms with E-state index in [0.717, 1.165) is 16.6 Å². The second-order valence-electron chi connectivity index (χ2n) is 6.69. The molecule has 1 aromatic carbocycles. The maximum absolute atomic E-state index is 11.9. The zero-order valence-corrected chi connectivity index (χ0v) is 16.8. The van der Waals surface area contributed by atoms with Gasteiger partial charge >= 0.3 is 0 Å². The third kappa shape index (κ3) is 3.70. The van der Waals surface area contributed by atoms with E-state index in [9.17, 15) is 4.79 Å². The zero-order chi connectivity index (χ0) is 21.1. The van der Waals surface area contributed by atoms with Crippen molar-refractivity contribution in [3.8, 4) is 22.8 Å². The molecule has 4 rings (SSSR count). The largest absolute Gasteiger partial charge is 0.382 e. The van der Waals surface area contributed by atoms with Crippen LogP contribution in [-0.2, 0) is 11.3 Å². The number of nitrogen functional groups attached to an aromatic ring is 1. The first kappa shape index (κ1) is 19.5. The van der Waals surface area contributed by atoms with Gasteiger partial charge in [-0.05, 0) is 32.2 Å². The summed E-state index contributed by atoms with van der Waals surface area (Å²) in [5.41, 5.74) is 10.5. The second kappa shape index (κ2) is 8.26. The van der Waals surface area contributed by atoms with Crippen molar-refractivity contribution < 1.29 is 4.79 Å². The highest BCUT2D eigenvalue weighted by Gasteiger charge is 2.17. The lowest BCUT2D eigenvalue weighted by atomic mass is 10.1. The third-order valence-electron chi connectivity index (χ3n) is 4.66. The quantitative estimate of drug-likeness (QED) is 0.452. The summed E-state index contributed by atoms with van der Waals surface area (Å²) in [6, 6.07) is 9.36. The van der Waals surface area contributed by atoms with Crippen molar-refractivity contribution in [1.29, 1.82) is 0 Å². The van der Waals surface area contributed by atoms with E-state index in [-0.39, 0.29) is 12.5 Å². The number of amides is 1. The number of rotatable bonds is 6. The molecule has 0 aliphatic rings. The van der Waals surface area contributed by atoms with E-state index in [1.807, 2.05) is 41.8 Å². The summed E-state index contributed by atoms with van der Waals surface area (Å²) in [6.07, 6.45) is 5.07. The van der Waals surface area contributed by atoms with E-state index < -0.39 is 0 Å². The predicted molar refractivity (Wildman–Crippen MR) is 117 cm³/mol. The summed E-state index contributed by atoms with van der Waals surface area (Å²) in [5.74, 6) is 0.824. The van der Waals surface area contributed by atoms with Crippen molar-refractivity contribution in [2.75, 3.05) is 24.6 Å². The Bertz CT molecular complexity index is 1220. The van der Waals surface area contributed by atoms with Crippen LogP contribution in [-0.4, -0.2) is 44.0 Å². The maximum Gasteiger partial charge on any atom is 0.238 e. The minimum atomic E-state index is -0.121. The molecule has 3 aromatic heterocycles. The molecule has 1 amide bonds. The van der Waals surface area contributed by atoms with Crippen LogP contribution in [0, 0.1) is 0 Å². The molecule has 0 saturated carbocycles. The second-order valence-corrected chi connectivity index (χ2v) is 6.69. The monoisotopic (exact) mass is 402 g/mol. The molecule has 0 fully saturated rings. The summed E-state index contributed by atoms with van der Waals surface area (Å²) in [6.45, 7) is 2.97. The number of benzene rings is 1. The predicted octanol–water partition coefficient (Wildman–Crippen LogP) is 2.32. The Morgan fingerprint density at radius 2 is 2.07 bits per heavy atom. The van der Waals surface area contributed by atoms with E-state index in [1.165, 1.54) is 0 Å². The number of carbonyl (C=O) groups is 1. The van der Waals surface area contributed by atoms with Crippen LogP contribution in [0.5, 0.6) is 0 Å². The van der Waals surface area contributed by atoms with Crippen molar-refractivity contribution in [3.63, 3.8) is 0 Å². The van der Waals surface area contributed by atoms with Crippen molar-refractivity contribution >= 4 is 28.4 Å². The fraction of sp³-hybridized carbons (Fsp3) is 0.190. The summed E-state index contributed by atoms with van der Waals surface area (Å²) in [7, 11) is 1.72. The van der Waals surface area contributed by atoms with Gasteiger partial charge in [0.25, 0.3) is 0 Å². The number of aryl methyl sites for hydroxylation is 1. The number of nitrogens with one attached hydrogen (secondary N) is 2. The lowest BCUT2D eigenvalue weighted by Crippen LogP contribution is -2.25. The van der Waals surface area contributed by atoms with Gasteiger partial charge in [-0.1, -0.05) is 12.1 Å². The molecule has 9 nitrogen and oxygen atoms in total. The summed E-state index contributed by atoms with van der Waals surface area (Å²) >= 11 is 0. The fourth-order valence-electron chi connectivity index (χ4n) is 3.31. The molecule has 3 heterocycles. The molecule has 0 bridgehead atoms. The molecular formula is C21H22N8O. The van der Waals surface area contributed by atoms with E-state index in [1.54, 1.807) is 25.6 Å². The normalized spacial score (nSPS) is 11.0. The van der Waals surface area contributed by atoms with Gasteiger partial charge in [-0.3, -0.25) is 9.78 Å². The molecular weight excluding hydrogens is 380 g/mol. The fourth-order valence-corrected chi connectivity index (χ4v) is 3.31. The highest BCUT2D eigenvalue weighted by molar-refractivity contribution is 5.93. The van der Waals surface area contributed by atoms with Gasteiger partial charge in [-0.25, -0.2) is 15.0 Å². The van der Waals surface area contributed by atoms with Gasteiger partial charge in [0.2, 0.25) is 5.91 Å². The molecule has 0 atom stereocenters. The minimum absolute atomic E-state index is 0.121. The SMILES string of the molecule is CCn1c(-c2nc(-c3cccc(NC(=O)CNC)c3)cnc2N)nc2cnccc21. The minimum Gasteiger partial charge on any atom is -0.382 e. The molecule has 152 valence electrons. The Morgan fingerprint density at radius 1 is 1.20 bits per heavy atom. The van der Waals surface area contributed by atoms with Gasteiger partial charge in [0.05, 0.1) is 30.1 Å². The van der Waals surface area contributed by atoms with E-state index in [2.05, 4.69) is 25.6 Å². The number of fused-ring (bicyclic) bond motifs is 1. The smallest absolute Gasteiger partial charge is 0.238 e. The van der Waals surface area contributed by atoms with E-state index in [0.29, 0.717) is 35.3 Å². The number of hydrogen-bond donors (Lipinski definition) is 3. The Hall–Kier alpha value is -3.85. The van der Waals surface area contributed by atoms with Crippen LogP contribution in [0.25, 0.3) is 33.8 Å².